The number of benzene rings is 1. The molecule has 0 spiro atoms. The van der Waals surface area contributed by atoms with E-state index >= 15 is 0 Å². The topological polar surface area (TPSA) is 28.4 Å². The van der Waals surface area contributed by atoms with E-state index < -0.39 is 5.82 Å². The molecule has 0 aliphatic heterocycles. The minimum absolute atomic E-state index is 0.0699. The number of hydrogen-bond donors (Lipinski definition) is 1. The normalized spacial score (nSPS) is 14.4. The van der Waals surface area contributed by atoms with E-state index in [4.69, 9.17) is 16.0 Å². The van der Waals surface area contributed by atoms with Crippen LogP contribution in [0.25, 0.3) is 0 Å². The summed E-state index contributed by atoms with van der Waals surface area (Å²) in [5, 5.41) is 3.58. The van der Waals surface area contributed by atoms with Gasteiger partial charge in [0.25, 0.3) is 0 Å². The molecule has 0 bridgehead atoms. The van der Waals surface area contributed by atoms with E-state index in [9.17, 15) is 4.39 Å². The summed E-state index contributed by atoms with van der Waals surface area (Å²) in [7, 11) is 4.02. The standard InChI is InChI=1S/C16H20ClFN2O/c1-11(12-6-7-14(18)13(17)9-12)19-10-15(20(2)3)16-5-4-8-21-16/h4-9,11,15,19H,10H2,1-3H3. The van der Waals surface area contributed by atoms with E-state index in [1.807, 2.05) is 33.2 Å². The molecule has 5 heteroatoms. The molecule has 0 radical (unpaired) electrons. The first-order valence-corrected chi connectivity index (χ1v) is 7.25. The molecule has 0 amide bonds. The zero-order valence-electron chi connectivity index (χ0n) is 12.4. The predicted molar refractivity (Wildman–Crippen MR) is 83.0 cm³/mol. The van der Waals surface area contributed by atoms with Crippen LogP contribution < -0.4 is 5.32 Å². The molecule has 21 heavy (non-hydrogen) atoms. The van der Waals surface area contributed by atoms with Gasteiger partial charge in [0, 0.05) is 12.6 Å². The van der Waals surface area contributed by atoms with Crippen LogP contribution in [0.15, 0.2) is 41.0 Å². The molecule has 1 N–H and O–H groups in total. The lowest BCUT2D eigenvalue weighted by atomic mass is 10.1. The number of nitrogens with one attached hydrogen (secondary N) is 1. The van der Waals surface area contributed by atoms with Gasteiger partial charge >= 0.3 is 0 Å². The summed E-state index contributed by atoms with van der Waals surface area (Å²) in [4.78, 5) is 2.09. The third kappa shape index (κ3) is 4.06. The largest absolute Gasteiger partial charge is 0.468 e. The van der Waals surface area contributed by atoms with Gasteiger partial charge in [0.2, 0.25) is 0 Å². The quantitative estimate of drug-likeness (QED) is 0.873. The Hall–Kier alpha value is -1.36. The Morgan fingerprint density at radius 3 is 2.67 bits per heavy atom. The van der Waals surface area contributed by atoms with Crippen molar-refractivity contribution in [3.05, 3.63) is 58.8 Å². The van der Waals surface area contributed by atoms with Crippen molar-refractivity contribution in [2.75, 3.05) is 20.6 Å². The molecule has 1 heterocycles. The Morgan fingerprint density at radius 2 is 2.10 bits per heavy atom. The van der Waals surface area contributed by atoms with Crippen molar-refractivity contribution in [1.29, 1.82) is 0 Å². The van der Waals surface area contributed by atoms with Crippen LogP contribution in [-0.4, -0.2) is 25.5 Å². The molecule has 2 atom stereocenters. The van der Waals surface area contributed by atoms with Crippen molar-refractivity contribution in [2.45, 2.75) is 19.0 Å². The van der Waals surface area contributed by atoms with Crippen LogP contribution in [0.2, 0.25) is 5.02 Å². The minimum Gasteiger partial charge on any atom is -0.468 e. The second-order valence-electron chi connectivity index (χ2n) is 5.30. The van der Waals surface area contributed by atoms with Gasteiger partial charge in [-0.2, -0.15) is 0 Å². The van der Waals surface area contributed by atoms with E-state index in [2.05, 4.69) is 10.2 Å². The summed E-state index contributed by atoms with van der Waals surface area (Å²) in [5.74, 6) is 0.520. The van der Waals surface area contributed by atoms with Gasteiger partial charge in [-0.05, 0) is 50.8 Å². The molecule has 2 rings (SSSR count). The molecular formula is C16H20ClFN2O. The summed E-state index contributed by atoms with van der Waals surface area (Å²) >= 11 is 5.83. The number of hydrogen-bond acceptors (Lipinski definition) is 3. The molecule has 0 saturated heterocycles. The molecule has 0 aliphatic carbocycles. The lowest BCUT2D eigenvalue weighted by Crippen LogP contribution is -2.32. The van der Waals surface area contributed by atoms with Crippen molar-refractivity contribution in [1.82, 2.24) is 10.2 Å². The number of likely N-dealkylation sites (N-methyl/N-ethyl adjacent to an activating group) is 1. The van der Waals surface area contributed by atoms with E-state index in [1.165, 1.54) is 6.07 Å². The van der Waals surface area contributed by atoms with Gasteiger partial charge in [-0.1, -0.05) is 17.7 Å². The Morgan fingerprint density at radius 1 is 1.33 bits per heavy atom. The van der Waals surface area contributed by atoms with E-state index in [1.54, 1.807) is 18.4 Å². The summed E-state index contributed by atoms with van der Waals surface area (Å²) < 4.78 is 18.7. The first-order valence-electron chi connectivity index (χ1n) is 6.87. The number of halogens is 2. The molecule has 114 valence electrons. The van der Waals surface area contributed by atoms with Gasteiger partial charge in [0.15, 0.2) is 0 Å². The Balaban J connectivity index is 2.01. The van der Waals surface area contributed by atoms with Crippen molar-refractivity contribution >= 4 is 11.6 Å². The second-order valence-corrected chi connectivity index (χ2v) is 5.71. The third-order valence-electron chi connectivity index (χ3n) is 3.56. The SMILES string of the molecule is CC(NCC(c1ccco1)N(C)C)c1ccc(F)c(Cl)c1. The molecular weight excluding hydrogens is 291 g/mol. The highest BCUT2D eigenvalue weighted by Gasteiger charge is 2.18. The lowest BCUT2D eigenvalue weighted by Gasteiger charge is -2.25. The second kappa shape index (κ2) is 7.07. The fourth-order valence-corrected chi connectivity index (χ4v) is 2.40. The van der Waals surface area contributed by atoms with E-state index in [0.717, 1.165) is 17.9 Å². The zero-order chi connectivity index (χ0) is 15.4. The van der Waals surface area contributed by atoms with E-state index in [-0.39, 0.29) is 17.1 Å². The molecule has 2 unspecified atom stereocenters. The lowest BCUT2D eigenvalue weighted by molar-refractivity contribution is 0.245. The van der Waals surface area contributed by atoms with Crippen LogP contribution in [0.4, 0.5) is 4.39 Å². The Kier molecular flexibility index (Phi) is 5.39. The summed E-state index contributed by atoms with van der Waals surface area (Å²) in [6.45, 7) is 2.75. The van der Waals surface area contributed by atoms with Gasteiger partial charge < -0.3 is 9.73 Å². The number of nitrogens with zero attached hydrogens (tertiary/aromatic N) is 1. The zero-order valence-corrected chi connectivity index (χ0v) is 13.2. The average Bonchev–Trinajstić information content (AvgIpc) is 2.95. The van der Waals surface area contributed by atoms with Crippen LogP contribution in [0.5, 0.6) is 0 Å². The Bertz CT molecular complexity index is 572. The third-order valence-corrected chi connectivity index (χ3v) is 3.85. The molecule has 1 aromatic carbocycles. The van der Waals surface area contributed by atoms with Crippen LogP contribution >= 0.6 is 11.6 Å². The predicted octanol–water partition coefficient (Wildman–Crippen LogP) is 4.03. The van der Waals surface area contributed by atoms with Crippen molar-refractivity contribution < 1.29 is 8.81 Å². The molecule has 0 fully saturated rings. The molecule has 1 aromatic heterocycles. The fourth-order valence-electron chi connectivity index (χ4n) is 2.21. The van der Waals surface area contributed by atoms with Gasteiger partial charge in [-0.15, -0.1) is 0 Å². The molecule has 0 aliphatic rings. The molecule has 0 saturated carbocycles. The van der Waals surface area contributed by atoms with Crippen molar-refractivity contribution in [2.24, 2.45) is 0 Å². The van der Waals surface area contributed by atoms with Crippen molar-refractivity contribution in [3.8, 4) is 0 Å². The van der Waals surface area contributed by atoms with Crippen LogP contribution in [-0.2, 0) is 0 Å². The maximum Gasteiger partial charge on any atom is 0.141 e. The van der Waals surface area contributed by atoms with Crippen LogP contribution in [0, 0.1) is 5.82 Å². The first-order chi connectivity index (χ1) is 9.99. The maximum atomic E-state index is 13.2. The van der Waals surface area contributed by atoms with Gasteiger partial charge in [0.1, 0.15) is 11.6 Å². The summed E-state index contributed by atoms with van der Waals surface area (Å²) in [5.41, 5.74) is 0.957. The number of furan rings is 1. The smallest absolute Gasteiger partial charge is 0.141 e. The highest BCUT2D eigenvalue weighted by molar-refractivity contribution is 6.30. The van der Waals surface area contributed by atoms with Gasteiger partial charge in [-0.3, -0.25) is 4.90 Å². The highest BCUT2D eigenvalue weighted by Crippen LogP contribution is 2.22. The minimum atomic E-state index is -0.394. The average molecular weight is 311 g/mol. The summed E-state index contributed by atoms with van der Waals surface area (Å²) in [6.07, 6.45) is 1.68. The molecule has 2 aromatic rings. The van der Waals surface area contributed by atoms with E-state index in [0.29, 0.717) is 0 Å². The van der Waals surface area contributed by atoms with Crippen LogP contribution in [0.1, 0.15) is 30.3 Å². The fraction of sp³-hybridized carbons (Fsp3) is 0.375. The first kappa shape index (κ1) is 16.0. The van der Waals surface area contributed by atoms with Gasteiger partial charge in [-0.25, -0.2) is 4.39 Å². The monoisotopic (exact) mass is 310 g/mol. The van der Waals surface area contributed by atoms with Crippen molar-refractivity contribution in [3.63, 3.8) is 0 Å². The molecule has 3 nitrogen and oxygen atoms in total. The summed E-state index contributed by atoms with van der Waals surface area (Å²) in [6, 6.07) is 8.86. The highest BCUT2D eigenvalue weighted by atomic mass is 35.5. The number of rotatable bonds is 6. The Labute approximate surface area is 129 Å². The van der Waals surface area contributed by atoms with Crippen LogP contribution in [0.3, 0.4) is 0 Å². The maximum absolute atomic E-state index is 13.2. The van der Waals surface area contributed by atoms with Gasteiger partial charge in [0.05, 0.1) is 17.3 Å².